The summed E-state index contributed by atoms with van der Waals surface area (Å²) >= 11 is 0. The van der Waals surface area contributed by atoms with E-state index in [9.17, 15) is 14.4 Å². The van der Waals surface area contributed by atoms with Gasteiger partial charge in [0.25, 0.3) is 11.8 Å². The van der Waals surface area contributed by atoms with E-state index in [1.54, 1.807) is 24.3 Å². The van der Waals surface area contributed by atoms with Gasteiger partial charge in [-0.25, -0.2) is 4.79 Å². The zero-order chi connectivity index (χ0) is 15.5. The first-order valence-electron chi connectivity index (χ1n) is 7.66. The molecular formula is C16H19N3O3. The van der Waals surface area contributed by atoms with Crippen LogP contribution >= 0.6 is 0 Å². The van der Waals surface area contributed by atoms with Gasteiger partial charge in [0.2, 0.25) is 0 Å². The Morgan fingerprint density at radius 2 is 1.68 bits per heavy atom. The number of imide groups is 1. The molecule has 1 aromatic rings. The summed E-state index contributed by atoms with van der Waals surface area (Å²) in [7, 11) is 0. The molecule has 1 saturated carbocycles. The molecule has 3 rings (SSSR count). The number of urea groups is 1. The van der Waals surface area contributed by atoms with Gasteiger partial charge < -0.3 is 10.6 Å². The zero-order valence-corrected chi connectivity index (χ0v) is 12.3. The maximum atomic E-state index is 12.1. The number of hydrogen-bond acceptors (Lipinski definition) is 3. The highest BCUT2D eigenvalue weighted by atomic mass is 16.2. The van der Waals surface area contributed by atoms with Crippen molar-refractivity contribution in [1.29, 1.82) is 0 Å². The zero-order valence-electron chi connectivity index (χ0n) is 12.3. The first-order valence-corrected chi connectivity index (χ1v) is 7.66. The van der Waals surface area contributed by atoms with Gasteiger partial charge in [0.15, 0.2) is 0 Å². The fourth-order valence-electron chi connectivity index (χ4n) is 3.03. The largest absolute Gasteiger partial charge is 0.336 e. The molecule has 0 bridgehead atoms. The molecule has 1 fully saturated rings. The maximum absolute atomic E-state index is 12.1. The van der Waals surface area contributed by atoms with Gasteiger partial charge in [0.05, 0.1) is 11.1 Å². The Balaban J connectivity index is 1.49. The number of fused-ring (bicyclic) bond motifs is 1. The number of hydrogen-bond donors (Lipinski definition) is 2. The van der Waals surface area contributed by atoms with E-state index in [0.29, 0.717) is 11.1 Å². The van der Waals surface area contributed by atoms with Crippen LogP contribution in [0, 0.1) is 0 Å². The van der Waals surface area contributed by atoms with Crippen LogP contribution in [-0.4, -0.2) is 41.9 Å². The van der Waals surface area contributed by atoms with Crippen LogP contribution in [-0.2, 0) is 0 Å². The van der Waals surface area contributed by atoms with E-state index in [0.717, 1.165) is 25.7 Å². The molecule has 0 aromatic heterocycles. The van der Waals surface area contributed by atoms with E-state index in [1.165, 1.54) is 4.90 Å². The lowest BCUT2D eigenvalue weighted by atomic mass is 10.1. The summed E-state index contributed by atoms with van der Waals surface area (Å²) < 4.78 is 0. The standard InChI is InChI=1S/C16H19N3O3/c20-14-12-7-3-4-8-13(12)15(21)19(14)10-9-17-16(22)18-11-5-1-2-6-11/h3-4,7-8,11H,1-2,5-6,9-10H2,(H2,17,18,22). The van der Waals surface area contributed by atoms with E-state index in [4.69, 9.17) is 0 Å². The third-order valence-electron chi connectivity index (χ3n) is 4.19. The minimum Gasteiger partial charge on any atom is -0.336 e. The predicted octanol–water partition coefficient (Wildman–Crippen LogP) is 1.52. The number of nitrogens with one attached hydrogen (secondary N) is 2. The Labute approximate surface area is 128 Å². The van der Waals surface area contributed by atoms with E-state index < -0.39 is 0 Å². The Kier molecular flexibility index (Phi) is 4.09. The molecular weight excluding hydrogens is 282 g/mol. The molecule has 1 aliphatic carbocycles. The van der Waals surface area contributed by atoms with Gasteiger partial charge in [-0.3, -0.25) is 14.5 Å². The van der Waals surface area contributed by atoms with Crippen LogP contribution in [0.4, 0.5) is 4.79 Å². The van der Waals surface area contributed by atoms with E-state index in [1.807, 2.05) is 0 Å². The van der Waals surface area contributed by atoms with Gasteiger partial charge in [-0.1, -0.05) is 25.0 Å². The van der Waals surface area contributed by atoms with E-state index in [-0.39, 0.29) is 37.0 Å². The molecule has 0 spiro atoms. The molecule has 1 aliphatic heterocycles. The molecule has 2 aliphatic rings. The molecule has 22 heavy (non-hydrogen) atoms. The van der Waals surface area contributed by atoms with Crippen LogP contribution in [0.15, 0.2) is 24.3 Å². The summed E-state index contributed by atoms with van der Waals surface area (Å²) in [5.74, 6) is -0.586. The van der Waals surface area contributed by atoms with Crippen molar-refractivity contribution in [3.8, 4) is 0 Å². The highest BCUT2D eigenvalue weighted by Crippen LogP contribution is 2.21. The number of rotatable bonds is 4. The van der Waals surface area contributed by atoms with Crippen molar-refractivity contribution >= 4 is 17.8 Å². The molecule has 4 amide bonds. The van der Waals surface area contributed by atoms with Gasteiger partial charge >= 0.3 is 6.03 Å². The lowest BCUT2D eigenvalue weighted by Crippen LogP contribution is -2.44. The fourth-order valence-corrected chi connectivity index (χ4v) is 3.03. The molecule has 0 saturated heterocycles. The van der Waals surface area contributed by atoms with Crippen LogP contribution in [0.25, 0.3) is 0 Å². The summed E-state index contributed by atoms with van der Waals surface area (Å²) in [5.41, 5.74) is 0.866. The van der Waals surface area contributed by atoms with Crippen molar-refractivity contribution in [3.05, 3.63) is 35.4 Å². The van der Waals surface area contributed by atoms with Crippen molar-refractivity contribution in [2.75, 3.05) is 13.1 Å². The summed E-state index contributed by atoms with van der Waals surface area (Å²) in [6.07, 6.45) is 4.34. The molecule has 0 radical (unpaired) electrons. The Morgan fingerprint density at radius 1 is 1.09 bits per heavy atom. The monoisotopic (exact) mass is 301 g/mol. The van der Waals surface area contributed by atoms with Gasteiger partial charge in [-0.2, -0.15) is 0 Å². The lowest BCUT2D eigenvalue weighted by Gasteiger charge is -2.16. The molecule has 1 aromatic carbocycles. The third-order valence-corrected chi connectivity index (χ3v) is 4.19. The molecule has 0 atom stereocenters. The van der Waals surface area contributed by atoms with Crippen LogP contribution in [0.5, 0.6) is 0 Å². The average Bonchev–Trinajstić information content (AvgIpc) is 3.10. The predicted molar refractivity (Wildman–Crippen MR) is 80.6 cm³/mol. The molecule has 1 heterocycles. The normalized spacial score (nSPS) is 17.7. The number of carbonyl (C=O) groups excluding carboxylic acids is 3. The van der Waals surface area contributed by atoms with Crippen LogP contribution in [0.3, 0.4) is 0 Å². The minimum atomic E-state index is -0.293. The van der Waals surface area contributed by atoms with Gasteiger partial charge in [-0.15, -0.1) is 0 Å². The SMILES string of the molecule is O=C(NCCN1C(=O)c2ccccc2C1=O)NC1CCCC1. The first-order chi connectivity index (χ1) is 10.7. The Morgan fingerprint density at radius 3 is 2.27 bits per heavy atom. The van der Waals surface area contributed by atoms with Gasteiger partial charge in [-0.05, 0) is 25.0 Å². The molecule has 6 heteroatoms. The smallest absolute Gasteiger partial charge is 0.315 e. The fraction of sp³-hybridized carbons (Fsp3) is 0.438. The van der Waals surface area contributed by atoms with Crippen molar-refractivity contribution in [3.63, 3.8) is 0 Å². The number of carbonyl (C=O) groups is 3. The van der Waals surface area contributed by atoms with Crippen LogP contribution in [0.1, 0.15) is 46.4 Å². The van der Waals surface area contributed by atoms with Gasteiger partial charge in [0.1, 0.15) is 0 Å². The quantitative estimate of drug-likeness (QED) is 0.828. The molecule has 116 valence electrons. The molecule has 6 nitrogen and oxygen atoms in total. The lowest BCUT2D eigenvalue weighted by molar-refractivity contribution is 0.0656. The van der Waals surface area contributed by atoms with Crippen LogP contribution in [0.2, 0.25) is 0 Å². The van der Waals surface area contributed by atoms with Crippen molar-refractivity contribution < 1.29 is 14.4 Å². The minimum absolute atomic E-state index is 0.185. The summed E-state index contributed by atoms with van der Waals surface area (Å²) in [4.78, 5) is 37.2. The summed E-state index contributed by atoms with van der Waals surface area (Å²) in [6, 6.07) is 6.79. The Bertz CT molecular complexity index is 573. The molecule has 2 N–H and O–H groups in total. The van der Waals surface area contributed by atoms with Crippen LogP contribution < -0.4 is 10.6 Å². The number of benzene rings is 1. The number of nitrogens with zero attached hydrogens (tertiary/aromatic N) is 1. The van der Waals surface area contributed by atoms with E-state index in [2.05, 4.69) is 10.6 Å². The second-order valence-electron chi connectivity index (χ2n) is 5.69. The highest BCUT2D eigenvalue weighted by Gasteiger charge is 2.34. The first kappa shape index (κ1) is 14.6. The van der Waals surface area contributed by atoms with Gasteiger partial charge in [0, 0.05) is 19.1 Å². The van der Waals surface area contributed by atoms with Crippen molar-refractivity contribution in [2.24, 2.45) is 0 Å². The topological polar surface area (TPSA) is 78.5 Å². The number of amides is 4. The van der Waals surface area contributed by atoms with E-state index >= 15 is 0 Å². The second kappa shape index (κ2) is 6.17. The van der Waals surface area contributed by atoms with Crippen molar-refractivity contribution in [1.82, 2.24) is 15.5 Å². The summed E-state index contributed by atoms with van der Waals surface area (Å²) in [5, 5.41) is 5.61. The average molecular weight is 301 g/mol. The highest BCUT2D eigenvalue weighted by molar-refractivity contribution is 6.21. The molecule has 0 unspecified atom stereocenters. The second-order valence-corrected chi connectivity index (χ2v) is 5.69. The third kappa shape index (κ3) is 2.81. The van der Waals surface area contributed by atoms with Crippen molar-refractivity contribution in [2.45, 2.75) is 31.7 Å². The maximum Gasteiger partial charge on any atom is 0.315 e. The Hall–Kier alpha value is -2.37. The summed E-state index contributed by atoms with van der Waals surface area (Å²) in [6.45, 7) is 0.439.